The second-order valence-corrected chi connectivity index (χ2v) is 9.22. The fourth-order valence-electron chi connectivity index (χ4n) is 4.39. The van der Waals surface area contributed by atoms with Crippen LogP contribution in [0.5, 0.6) is 0 Å². The molecule has 0 aliphatic rings. The third-order valence-electron chi connectivity index (χ3n) is 6.51. The lowest BCUT2D eigenvalue weighted by molar-refractivity contribution is 0.392. The number of hydrogen-bond donors (Lipinski definition) is 0. The van der Waals surface area contributed by atoms with E-state index in [1.165, 1.54) is 148 Å². The van der Waals surface area contributed by atoms with E-state index in [2.05, 4.69) is 20.8 Å². The van der Waals surface area contributed by atoms with Crippen molar-refractivity contribution in [1.29, 1.82) is 0 Å². The molecule has 0 amide bonds. The van der Waals surface area contributed by atoms with Crippen LogP contribution < -0.4 is 0 Å². The molecule has 0 heterocycles. The summed E-state index contributed by atoms with van der Waals surface area (Å²) in [6.07, 6.45) is 33.8. The minimum Gasteiger partial charge on any atom is -0.0654 e. The average molecular weight is 381 g/mol. The highest BCUT2D eigenvalue weighted by atomic mass is 14.1. The van der Waals surface area contributed by atoms with Crippen molar-refractivity contribution in [2.24, 2.45) is 5.92 Å². The van der Waals surface area contributed by atoms with Gasteiger partial charge in [0, 0.05) is 0 Å². The van der Waals surface area contributed by atoms with Gasteiger partial charge in [-0.15, -0.1) is 0 Å². The maximum atomic E-state index is 2.41. The van der Waals surface area contributed by atoms with E-state index in [1.54, 1.807) is 0 Å². The van der Waals surface area contributed by atoms with Crippen LogP contribution in [0.2, 0.25) is 0 Å². The smallest absolute Gasteiger partial charge is 0.0417 e. The SMILES string of the molecule is CCCCCCCCCCCCCC(CC)CCCCCCCCCCC. The Morgan fingerprint density at radius 3 is 0.852 bits per heavy atom. The van der Waals surface area contributed by atoms with Crippen molar-refractivity contribution < 1.29 is 0 Å². The molecule has 0 aromatic rings. The monoisotopic (exact) mass is 380 g/mol. The first-order valence-electron chi connectivity index (χ1n) is 13.3. The van der Waals surface area contributed by atoms with Crippen molar-refractivity contribution in [1.82, 2.24) is 0 Å². The van der Waals surface area contributed by atoms with Crippen LogP contribution >= 0.6 is 0 Å². The van der Waals surface area contributed by atoms with Crippen LogP contribution in [0, 0.1) is 5.92 Å². The Balaban J connectivity index is 3.27. The lowest BCUT2D eigenvalue weighted by Gasteiger charge is -2.14. The summed E-state index contributed by atoms with van der Waals surface area (Å²) in [4.78, 5) is 0. The van der Waals surface area contributed by atoms with E-state index in [-0.39, 0.29) is 0 Å². The molecule has 0 aromatic carbocycles. The van der Waals surface area contributed by atoms with Crippen molar-refractivity contribution in [2.75, 3.05) is 0 Å². The highest BCUT2D eigenvalue weighted by molar-refractivity contribution is 4.59. The van der Waals surface area contributed by atoms with Gasteiger partial charge in [0.2, 0.25) is 0 Å². The van der Waals surface area contributed by atoms with Gasteiger partial charge in [-0.2, -0.15) is 0 Å². The molecule has 0 aliphatic carbocycles. The first-order valence-corrected chi connectivity index (χ1v) is 13.3. The van der Waals surface area contributed by atoms with Crippen molar-refractivity contribution in [3.05, 3.63) is 0 Å². The molecule has 0 saturated heterocycles. The van der Waals surface area contributed by atoms with Gasteiger partial charge < -0.3 is 0 Å². The molecular formula is C27H56. The fraction of sp³-hybridized carbons (Fsp3) is 1.00. The molecule has 0 bridgehead atoms. The minimum atomic E-state index is 1.02. The summed E-state index contributed by atoms with van der Waals surface area (Å²) in [5, 5.41) is 0. The van der Waals surface area contributed by atoms with Gasteiger partial charge in [-0.05, 0) is 5.92 Å². The summed E-state index contributed by atoms with van der Waals surface area (Å²) in [5.74, 6) is 1.02. The Morgan fingerprint density at radius 1 is 0.333 bits per heavy atom. The maximum absolute atomic E-state index is 2.41. The lowest BCUT2D eigenvalue weighted by Crippen LogP contribution is -1.99. The standard InChI is InChI=1S/C27H56/c1-4-7-9-11-13-15-16-18-20-22-24-26-27(6-3)25-23-21-19-17-14-12-10-8-5-2/h27H,4-26H2,1-3H3. The molecular weight excluding hydrogens is 324 g/mol. The molecule has 0 radical (unpaired) electrons. The van der Waals surface area contributed by atoms with Crippen LogP contribution in [-0.4, -0.2) is 0 Å². The first kappa shape index (κ1) is 27.0. The zero-order valence-corrected chi connectivity index (χ0v) is 19.8. The Kier molecular flexibility index (Phi) is 24.0. The molecule has 164 valence electrons. The Labute approximate surface area is 174 Å². The predicted octanol–water partition coefficient (Wildman–Crippen LogP) is 10.6. The van der Waals surface area contributed by atoms with Gasteiger partial charge in [-0.3, -0.25) is 0 Å². The largest absolute Gasteiger partial charge is 0.0654 e. The molecule has 0 aliphatic heterocycles. The van der Waals surface area contributed by atoms with Crippen LogP contribution in [0.1, 0.15) is 168 Å². The summed E-state index contributed by atoms with van der Waals surface area (Å²) >= 11 is 0. The minimum absolute atomic E-state index is 1.02. The molecule has 0 spiro atoms. The Hall–Kier alpha value is 0. The number of rotatable bonds is 23. The summed E-state index contributed by atoms with van der Waals surface area (Å²) in [7, 11) is 0. The van der Waals surface area contributed by atoms with Crippen LogP contribution in [-0.2, 0) is 0 Å². The molecule has 0 aromatic heterocycles. The van der Waals surface area contributed by atoms with Gasteiger partial charge in [0.25, 0.3) is 0 Å². The quantitative estimate of drug-likeness (QED) is 0.155. The molecule has 27 heavy (non-hydrogen) atoms. The average Bonchev–Trinajstić information content (AvgIpc) is 2.69. The third-order valence-corrected chi connectivity index (χ3v) is 6.51. The van der Waals surface area contributed by atoms with Crippen LogP contribution in [0.15, 0.2) is 0 Å². The molecule has 0 N–H and O–H groups in total. The highest BCUT2D eigenvalue weighted by Crippen LogP contribution is 2.22. The van der Waals surface area contributed by atoms with Gasteiger partial charge >= 0.3 is 0 Å². The zero-order chi connectivity index (χ0) is 19.8. The molecule has 0 saturated carbocycles. The Bertz CT molecular complexity index is 244. The van der Waals surface area contributed by atoms with Gasteiger partial charge in [0.05, 0.1) is 0 Å². The van der Waals surface area contributed by atoms with Crippen molar-refractivity contribution in [3.8, 4) is 0 Å². The topological polar surface area (TPSA) is 0 Å². The first-order chi connectivity index (χ1) is 13.3. The number of hydrogen-bond acceptors (Lipinski definition) is 0. The van der Waals surface area contributed by atoms with E-state index in [1.807, 2.05) is 0 Å². The molecule has 1 atom stereocenters. The molecule has 1 unspecified atom stereocenters. The van der Waals surface area contributed by atoms with Gasteiger partial charge in [-0.1, -0.05) is 168 Å². The van der Waals surface area contributed by atoms with E-state index < -0.39 is 0 Å². The predicted molar refractivity (Wildman–Crippen MR) is 127 cm³/mol. The van der Waals surface area contributed by atoms with E-state index in [4.69, 9.17) is 0 Å². The van der Waals surface area contributed by atoms with Crippen molar-refractivity contribution >= 4 is 0 Å². The zero-order valence-electron chi connectivity index (χ0n) is 19.8. The van der Waals surface area contributed by atoms with Gasteiger partial charge in [0.1, 0.15) is 0 Å². The normalized spacial score (nSPS) is 12.6. The molecule has 0 nitrogen and oxygen atoms in total. The third kappa shape index (κ3) is 22.2. The van der Waals surface area contributed by atoms with Crippen molar-refractivity contribution in [3.63, 3.8) is 0 Å². The van der Waals surface area contributed by atoms with E-state index in [9.17, 15) is 0 Å². The molecule has 0 fully saturated rings. The van der Waals surface area contributed by atoms with E-state index in [0.717, 1.165) is 5.92 Å². The van der Waals surface area contributed by atoms with E-state index >= 15 is 0 Å². The molecule has 0 rings (SSSR count). The Morgan fingerprint density at radius 2 is 0.593 bits per heavy atom. The van der Waals surface area contributed by atoms with Crippen molar-refractivity contribution in [2.45, 2.75) is 168 Å². The summed E-state index contributed by atoms with van der Waals surface area (Å²) < 4.78 is 0. The summed E-state index contributed by atoms with van der Waals surface area (Å²) in [5.41, 5.74) is 0. The highest BCUT2D eigenvalue weighted by Gasteiger charge is 2.06. The van der Waals surface area contributed by atoms with Gasteiger partial charge in [-0.25, -0.2) is 0 Å². The lowest BCUT2D eigenvalue weighted by atomic mass is 9.92. The van der Waals surface area contributed by atoms with Crippen LogP contribution in [0.25, 0.3) is 0 Å². The van der Waals surface area contributed by atoms with Crippen LogP contribution in [0.3, 0.4) is 0 Å². The fourth-order valence-corrected chi connectivity index (χ4v) is 4.39. The summed E-state index contributed by atoms with van der Waals surface area (Å²) in [6.45, 7) is 7.02. The molecule has 0 heteroatoms. The second kappa shape index (κ2) is 24.0. The maximum Gasteiger partial charge on any atom is -0.0417 e. The van der Waals surface area contributed by atoms with Gasteiger partial charge in [0.15, 0.2) is 0 Å². The second-order valence-electron chi connectivity index (χ2n) is 9.22. The van der Waals surface area contributed by atoms with Crippen LogP contribution in [0.4, 0.5) is 0 Å². The number of unbranched alkanes of at least 4 members (excludes halogenated alkanes) is 18. The van der Waals surface area contributed by atoms with E-state index in [0.29, 0.717) is 0 Å². The summed E-state index contributed by atoms with van der Waals surface area (Å²) in [6, 6.07) is 0.